The summed E-state index contributed by atoms with van der Waals surface area (Å²) in [5.74, 6) is 0. The van der Waals surface area contributed by atoms with Crippen LogP contribution in [0.1, 0.15) is 18.1 Å². The molecule has 0 aromatic heterocycles. The van der Waals surface area contributed by atoms with Crippen molar-refractivity contribution in [2.24, 2.45) is 0 Å². The second kappa shape index (κ2) is 5.64. The second-order valence-corrected chi connectivity index (χ2v) is 5.44. The van der Waals surface area contributed by atoms with Gasteiger partial charge in [0.05, 0.1) is 0 Å². The summed E-state index contributed by atoms with van der Waals surface area (Å²) in [6.45, 7) is 4.27. The molecule has 2 aromatic rings. The topological polar surface area (TPSA) is 32.3 Å². The van der Waals surface area contributed by atoms with Crippen LogP contribution in [0.15, 0.2) is 48.5 Å². The first-order chi connectivity index (χ1) is 8.97. The number of hydrogen-bond donors (Lipinski definition) is 2. The summed E-state index contributed by atoms with van der Waals surface area (Å²) in [5, 5.41) is 14.5. The third kappa shape index (κ3) is 3.72. The predicted molar refractivity (Wildman–Crippen MR) is 80.7 cm³/mol. The summed E-state index contributed by atoms with van der Waals surface area (Å²) in [7, 11) is 0. The normalized spacial score (nSPS) is 13.9. The molecule has 19 heavy (non-hydrogen) atoms. The van der Waals surface area contributed by atoms with Crippen molar-refractivity contribution in [2.75, 3.05) is 11.9 Å². The highest BCUT2D eigenvalue weighted by Crippen LogP contribution is 2.22. The Labute approximate surface area is 119 Å². The van der Waals surface area contributed by atoms with Gasteiger partial charge >= 0.3 is 0 Å². The fraction of sp³-hybridized carbons (Fsp3) is 0.250. The third-order valence-corrected chi connectivity index (χ3v) is 3.37. The number of aliphatic hydroxyl groups is 1. The molecular weight excluding hydrogens is 258 g/mol. The molecular formula is C16H18ClNO. The number of hydrogen-bond acceptors (Lipinski definition) is 2. The van der Waals surface area contributed by atoms with Gasteiger partial charge in [-0.2, -0.15) is 0 Å². The SMILES string of the molecule is Cc1cccc(C(C)(O)CNc2ccc(Cl)cc2)c1. The second-order valence-electron chi connectivity index (χ2n) is 5.00. The molecule has 0 fully saturated rings. The van der Waals surface area contributed by atoms with E-state index < -0.39 is 5.60 Å². The highest BCUT2D eigenvalue weighted by atomic mass is 35.5. The Morgan fingerprint density at radius 3 is 2.47 bits per heavy atom. The van der Waals surface area contributed by atoms with Gasteiger partial charge in [-0.15, -0.1) is 0 Å². The molecule has 1 unspecified atom stereocenters. The van der Waals surface area contributed by atoms with E-state index in [4.69, 9.17) is 11.6 Å². The molecule has 0 aliphatic heterocycles. The molecule has 0 saturated heterocycles. The van der Waals surface area contributed by atoms with Gasteiger partial charge in [0.1, 0.15) is 5.60 Å². The Kier molecular flexibility index (Phi) is 4.13. The first-order valence-electron chi connectivity index (χ1n) is 6.26. The zero-order chi connectivity index (χ0) is 13.9. The van der Waals surface area contributed by atoms with Crippen LogP contribution in [-0.4, -0.2) is 11.7 Å². The Hall–Kier alpha value is -1.51. The maximum Gasteiger partial charge on any atom is 0.104 e. The highest BCUT2D eigenvalue weighted by Gasteiger charge is 2.22. The van der Waals surface area contributed by atoms with Crippen LogP contribution in [0.2, 0.25) is 5.02 Å². The zero-order valence-electron chi connectivity index (χ0n) is 11.2. The minimum atomic E-state index is -0.911. The molecule has 0 bridgehead atoms. The van der Waals surface area contributed by atoms with Gasteiger partial charge < -0.3 is 10.4 Å². The first-order valence-corrected chi connectivity index (χ1v) is 6.64. The van der Waals surface area contributed by atoms with E-state index in [9.17, 15) is 5.11 Å². The minimum absolute atomic E-state index is 0.443. The molecule has 1 atom stereocenters. The average molecular weight is 276 g/mol. The van der Waals surface area contributed by atoms with Gasteiger partial charge in [-0.05, 0) is 43.7 Å². The zero-order valence-corrected chi connectivity index (χ0v) is 11.9. The number of benzene rings is 2. The summed E-state index contributed by atoms with van der Waals surface area (Å²) in [5.41, 5.74) is 2.08. The third-order valence-electron chi connectivity index (χ3n) is 3.12. The molecule has 0 radical (unpaired) electrons. The van der Waals surface area contributed by atoms with E-state index in [0.717, 1.165) is 16.8 Å². The molecule has 100 valence electrons. The molecule has 0 saturated carbocycles. The van der Waals surface area contributed by atoms with E-state index in [1.165, 1.54) is 0 Å². The van der Waals surface area contributed by atoms with Gasteiger partial charge in [-0.1, -0.05) is 41.4 Å². The van der Waals surface area contributed by atoms with E-state index >= 15 is 0 Å². The van der Waals surface area contributed by atoms with Gasteiger partial charge in [0.2, 0.25) is 0 Å². The van der Waals surface area contributed by atoms with Crippen molar-refractivity contribution in [3.8, 4) is 0 Å². The average Bonchev–Trinajstić information content (AvgIpc) is 2.38. The standard InChI is InChI=1S/C16H18ClNO/c1-12-4-3-5-13(10-12)16(2,19)11-18-15-8-6-14(17)7-9-15/h3-10,18-19H,11H2,1-2H3. The molecule has 2 N–H and O–H groups in total. The molecule has 0 spiro atoms. The Balaban J connectivity index is 2.07. The lowest BCUT2D eigenvalue weighted by molar-refractivity contribution is 0.0715. The molecule has 0 amide bonds. The van der Waals surface area contributed by atoms with Gasteiger partial charge in [-0.3, -0.25) is 0 Å². The molecule has 0 aliphatic rings. The smallest absolute Gasteiger partial charge is 0.104 e. The van der Waals surface area contributed by atoms with Gasteiger partial charge in [0.15, 0.2) is 0 Å². The molecule has 2 nitrogen and oxygen atoms in total. The molecule has 2 aromatic carbocycles. The van der Waals surface area contributed by atoms with Crippen LogP contribution in [0.5, 0.6) is 0 Å². The van der Waals surface area contributed by atoms with Gasteiger partial charge in [0, 0.05) is 17.3 Å². The predicted octanol–water partition coefficient (Wildman–Crippen LogP) is 3.97. The molecule has 0 heterocycles. The van der Waals surface area contributed by atoms with Crippen molar-refractivity contribution in [2.45, 2.75) is 19.4 Å². The van der Waals surface area contributed by atoms with Crippen LogP contribution >= 0.6 is 11.6 Å². The molecule has 3 heteroatoms. The van der Waals surface area contributed by atoms with Crippen LogP contribution in [-0.2, 0) is 5.60 Å². The van der Waals surface area contributed by atoms with Crippen molar-refractivity contribution in [1.82, 2.24) is 0 Å². The van der Waals surface area contributed by atoms with Crippen molar-refractivity contribution in [3.63, 3.8) is 0 Å². The summed E-state index contributed by atoms with van der Waals surface area (Å²) >= 11 is 5.84. The lowest BCUT2D eigenvalue weighted by atomic mass is 9.94. The summed E-state index contributed by atoms with van der Waals surface area (Å²) in [6.07, 6.45) is 0. The van der Waals surface area contributed by atoms with Crippen molar-refractivity contribution < 1.29 is 5.11 Å². The highest BCUT2D eigenvalue weighted by molar-refractivity contribution is 6.30. The van der Waals surface area contributed by atoms with Crippen LogP contribution in [0.25, 0.3) is 0 Å². The minimum Gasteiger partial charge on any atom is -0.384 e. The van der Waals surface area contributed by atoms with E-state index in [1.54, 1.807) is 0 Å². The van der Waals surface area contributed by atoms with Crippen LogP contribution in [0.4, 0.5) is 5.69 Å². The monoisotopic (exact) mass is 275 g/mol. The number of rotatable bonds is 4. The van der Waals surface area contributed by atoms with E-state index in [0.29, 0.717) is 11.6 Å². The van der Waals surface area contributed by atoms with Crippen LogP contribution in [0.3, 0.4) is 0 Å². The van der Waals surface area contributed by atoms with Crippen LogP contribution in [0, 0.1) is 6.92 Å². The van der Waals surface area contributed by atoms with E-state index in [1.807, 2.05) is 62.4 Å². The number of anilines is 1. The van der Waals surface area contributed by atoms with E-state index in [-0.39, 0.29) is 0 Å². The maximum absolute atomic E-state index is 10.5. The van der Waals surface area contributed by atoms with Crippen molar-refractivity contribution in [3.05, 3.63) is 64.7 Å². The molecule has 0 aliphatic carbocycles. The fourth-order valence-electron chi connectivity index (χ4n) is 1.92. The quantitative estimate of drug-likeness (QED) is 0.885. The van der Waals surface area contributed by atoms with Crippen LogP contribution < -0.4 is 5.32 Å². The number of aryl methyl sites for hydroxylation is 1. The first kappa shape index (κ1) is 13.9. The molecule has 2 rings (SSSR count). The number of halogens is 1. The Bertz CT molecular complexity index is 549. The lowest BCUT2D eigenvalue weighted by Gasteiger charge is -2.25. The van der Waals surface area contributed by atoms with Gasteiger partial charge in [-0.25, -0.2) is 0 Å². The summed E-state index contributed by atoms with van der Waals surface area (Å²) < 4.78 is 0. The summed E-state index contributed by atoms with van der Waals surface area (Å²) in [4.78, 5) is 0. The van der Waals surface area contributed by atoms with E-state index in [2.05, 4.69) is 5.32 Å². The van der Waals surface area contributed by atoms with Gasteiger partial charge in [0.25, 0.3) is 0 Å². The van der Waals surface area contributed by atoms with Crippen molar-refractivity contribution >= 4 is 17.3 Å². The van der Waals surface area contributed by atoms with Crippen molar-refractivity contribution in [1.29, 1.82) is 0 Å². The number of nitrogens with one attached hydrogen (secondary N) is 1. The Morgan fingerprint density at radius 2 is 1.84 bits per heavy atom. The lowest BCUT2D eigenvalue weighted by Crippen LogP contribution is -2.30. The fourth-order valence-corrected chi connectivity index (χ4v) is 2.05. The maximum atomic E-state index is 10.5. The summed E-state index contributed by atoms with van der Waals surface area (Å²) in [6, 6.07) is 15.4. The largest absolute Gasteiger partial charge is 0.384 e. The Morgan fingerprint density at radius 1 is 1.16 bits per heavy atom.